The van der Waals surface area contributed by atoms with Gasteiger partial charge in [-0.2, -0.15) is 0 Å². The number of fused-ring (bicyclic) bond motifs is 4. The van der Waals surface area contributed by atoms with Gasteiger partial charge in [0.1, 0.15) is 11.0 Å². The monoisotopic (exact) mass is 795 g/mol. The van der Waals surface area contributed by atoms with Gasteiger partial charge in [-0.1, -0.05) is 133 Å². The average molecular weight is 796 g/mol. The van der Waals surface area contributed by atoms with Crippen molar-refractivity contribution in [1.82, 2.24) is 24.9 Å². The smallest absolute Gasteiger partial charge is 0.227 e. The standard InChI is InChI=1S/C55H33N5O2/c1-3-13-36-27-40(25-23-34(36)11-1)38-15-9-17-42(29-38)51-58-52(43-18-10-16-39(30-43)41-26-24-35-12-2-4-14-37(35)28-41)60-53(59-51)44-31-45(54-56-47-19-5-7-21-49(47)61-54)33-46(32-44)55-57-48-20-6-8-22-50(48)62-55/h1-33H. The SMILES string of the molecule is c1cc(-c2ccc3ccccc3c2)cc(-c2nc(-c3cccc(-c4ccc5ccccc5c4)c3)nc(-c3cc(-c4nc5ccccc5o4)cc(-c4nc5ccccc5o4)c3)n2)c1. The Bertz CT molecular complexity index is 3380. The van der Waals surface area contributed by atoms with E-state index in [0.29, 0.717) is 40.4 Å². The lowest BCUT2D eigenvalue weighted by Crippen LogP contribution is -2.01. The molecule has 0 N–H and O–H groups in total. The molecule has 0 amide bonds. The molecule has 0 radical (unpaired) electrons. The van der Waals surface area contributed by atoms with Crippen LogP contribution in [0.4, 0.5) is 0 Å². The molecule has 12 rings (SSSR count). The third kappa shape index (κ3) is 6.54. The molecule has 62 heavy (non-hydrogen) atoms. The maximum atomic E-state index is 6.33. The fourth-order valence-electron chi connectivity index (χ4n) is 8.17. The Balaban J connectivity index is 1.05. The number of oxazole rings is 2. The summed E-state index contributed by atoms with van der Waals surface area (Å²) in [6.45, 7) is 0. The van der Waals surface area contributed by atoms with Crippen LogP contribution in [0.5, 0.6) is 0 Å². The second-order valence-electron chi connectivity index (χ2n) is 15.4. The topological polar surface area (TPSA) is 90.7 Å². The van der Waals surface area contributed by atoms with Crippen molar-refractivity contribution in [3.63, 3.8) is 0 Å². The Hall–Kier alpha value is -8.55. The summed E-state index contributed by atoms with van der Waals surface area (Å²) < 4.78 is 12.7. The van der Waals surface area contributed by atoms with E-state index in [4.69, 9.17) is 33.8 Å². The highest BCUT2D eigenvalue weighted by molar-refractivity contribution is 5.90. The van der Waals surface area contributed by atoms with Crippen LogP contribution in [0.3, 0.4) is 0 Å². The van der Waals surface area contributed by atoms with Gasteiger partial charge in [-0.15, -0.1) is 0 Å². The molecule has 7 nitrogen and oxygen atoms in total. The summed E-state index contributed by atoms with van der Waals surface area (Å²) in [6.07, 6.45) is 0. The molecule has 0 spiro atoms. The predicted molar refractivity (Wildman–Crippen MR) is 248 cm³/mol. The first-order valence-corrected chi connectivity index (χ1v) is 20.5. The average Bonchev–Trinajstić information content (AvgIpc) is 3.99. The minimum atomic E-state index is 0.464. The quantitative estimate of drug-likeness (QED) is 0.159. The Kier molecular flexibility index (Phi) is 8.35. The molecule has 290 valence electrons. The summed E-state index contributed by atoms with van der Waals surface area (Å²) in [5.74, 6) is 2.49. The van der Waals surface area contributed by atoms with Gasteiger partial charge >= 0.3 is 0 Å². The van der Waals surface area contributed by atoms with E-state index in [-0.39, 0.29) is 0 Å². The highest BCUT2D eigenvalue weighted by Gasteiger charge is 2.19. The van der Waals surface area contributed by atoms with E-state index in [2.05, 4.69) is 133 Å². The largest absolute Gasteiger partial charge is 0.436 e. The molecule has 0 saturated heterocycles. The summed E-state index contributed by atoms with van der Waals surface area (Å²) in [6, 6.07) is 68.2. The zero-order valence-electron chi connectivity index (χ0n) is 33.1. The highest BCUT2D eigenvalue weighted by Crippen LogP contribution is 2.36. The number of nitrogens with zero attached hydrogens (tertiary/aromatic N) is 5. The summed E-state index contributed by atoms with van der Waals surface area (Å²) in [7, 11) is 0. The van der Waals surface area contributed by atoms with Gasteiger partial charge in [0.2, 0.25) is 11.8 Å². The van der Waals surface area contributed by atoms with Gasteiger partial charge in [0, 0.05) is 27.8 Å². The first-order chi connectivity index (χ1) is 30.6. The van der Waals surface area contributed by atoms with Crippen LogP contribution in [0.15, 0.2) is 209 Å². The second-order valence-corrected chi connectivity index (χ2v) is 15.4. The molecule has 0 aliphatic heterocycles. The van der Waals surface area contributed by atoms with Crippen molar-refractivity contribution >= 4 is 43.7 Å². The lowest BCUT2D eigenvalue weighted by molar-refractivity contribution is 0.617. The summed E-state index contributed by atoms with van der Waals surface area (Å²) in [5.41, 5.74) is 11.2. The minimum Gasteiger partial charge on any atom is -0.436 e. The van der Waals surface area contributed by atoms with Gasteiger partial charge in [0.25, 0.3) is 0 Å². The van der Waals surface area contributed by atoms with Gasteiger partial charge < -0.3 is 8.83 Å². The fourth-order valence-corrected chi connectivity index (χ4v) is 8.17. The van der Waals surface area contributed by atoms with Crippen LogP contribution in [0.2, 0.25) is 0 Å². The zero-order valence-corrected chi connectivity index (χ0v) is 33.1. The molecule has 7 heteroatoms. The second kappa shape index (κ2) is 14.6. The van der Waals surface area contributed by atoms with E-state index in [9.17, 15) is 0 Å². The molecule has 0 saturated carbocycles. The summed E-state index contributed by atoms with van der Waals surface area (Å²) in [5, 5.41) is 4.75. The fraction of sp³-hybridized carbons (Fsp3) is 0. The van der Waals surface area contributed by atoms with Crippen molar-refractivity contribution in [1.29, 1.82) is 0 Å². The van der Waals surface area contributed by atoms with Crippen molar-refractivity contribution in [2.75, 3.05) is 0 Å². The number of hydrogen-bond donors (Lipinski definition) is 0. The maximum absolute atomic E-state index is 6.33. The summed E-state index contributed by atoms with van der Waals surface area (Å²) >= 11 is 0. The molecule has 12 aromatic rings. The minimum absolute atomic E-state index is 0.464. The van der Waals surface area contributed by atoms with Crippen molar-refractivity contribution in [3.05, 3.63) is 200 Å². The molecule has 0 aliphatic rings. The van der Waals surface area contributed by atoms with Crippen molar-refractivity contribution < 1.29 is 8.83 Å². The van der Waals surface area contributed by atoms with Crippen LogP contribution >= 0.6 is 0 Å². The molecular formula is C55H33N5O2. The number of rotatable bonds is 7. The van der Waals surface area contributed by atoms with Crippen LogP contribution in [0, 0.1) is 0 Å². The maximum Gasteiger partial charge on any atom is 0.227 e. The van der Waals surface area contributed by atoms with Crippen LogP contribution < -0.4 is 0 Å². The third-order valence-electron chi connectivity index (χ3n) is 11.3. The van der Waals surface area contributed by atoms with E-state index >= 15 is 0 Å². The van der Waals surface area contributed by atoms with Gasteiger partial charge in [-0.05, 0) is 111 Å². The zero-order chi connectivity index (χ0) is 41.0. The van der Waals surface area contributed by atoms with Gasteiger partial charge in [-0.25, -0.2) is 24.9 Å². The van der Waals surface area contributed by atoms with E-state index in [0.717, 1.165) is 61.1 Å². The molecule has 0 fully saturated rings. The molecule has 0 atom stereocenters. The molecule has 3 aromatic heterocycles. The van der Waals surface area contributed by atoms with Crippen LogP contribution in [0.1, 0.15) is 0 Å². The molecule has 9 aromatic carbocycles. The predicted octanol–water partition coefficient (Wildman–Crippen LogP) is 14.1. The van der Waals surface area contributed by atoms with Crippen molar-refractivity contribution in [2.24, 2.45) is 0 Å². The van der Waals surface area contributed by atoms with Crippen LogP contribution in [-0.4, -0.2) is 24.9 Å². The van der Waals surface area contributed by atoms with Crippen LogP contribution in [-0.2, 0) is 0 Å². The normalized spacial score (nSPS) is 11.5. The molecule has 0 unspecified atom stereocenters. The van der Waals surface area contributed by atoms with E-state index < -0.39 is 0 Å². The first kappa shape index (κ1) is 35.4. The Labute approximate surface area is 355 Å². The number of para-hydroxylation sites is 4. The highest BCUT2D eigenvalue weighted by atomic mass is 16.4. The number of benzene rings is 9. The van der Waals surface area contributed by atoms with Gasteiger partial charge in [-0.3, -0.25) is 0 Å². The van der Waals surface area contributed by atoms with E-state index in [1.165, 1.54) is 21.5 Å². The van der Waals surface area contributed by atoms with Gasteiger partial charge in [0.05, 0.1) is 0 Å². The molecule has 0 bridgehead atoms. The van der Waals surface area contributed by atoms with E-state index in [1.54, 1.807) is 0 Å². The van der Waals surface area contributed by atoms with Crippen molar-refractivity contribution in [2.45, 2.75) is 0 Å². The number of hydrogen-bond acceptors (Lipinski definition) is 7. The first-order valence-electron chi connectivity index (χ1n) is 20.5. The Morgan fingerprint density at radius 3 is 1.10 bits per heavy atom. The summed E-state index contributed by atoms with van der Waals surface area (Å²) in [4.78, 5) is 25.4. The molecule has 3 heterocycles. The number of aromatic nitrogens is 5. The Morgan fingerprint density at radius 2 is 0.613 bits per heavy atom. The lowest BCUT2D eigenvalue weighted by atomic mass is 9.99. The van der Waals surface area contributed by atoms with Crippen LogP contribution in [0.25, 0.3) is 123 Å². The third-order valence-corrected chi connectivity index (χ3v) is 11.3. The van der Waals surface area contributed by atoms with E-state index in [1.807, 2.05) is 66.7 Å². The Morgan fingerprint density at radius 1 is 0.242 bits per heavy atom. The lowest BCUT2D eigenvalue weighted by Gasteiger charge is -2.12. The molecule has 0 aliphatic carbocycles. The van der Waals surface area contributed by atoms with Crippen molar-refractivity contribution in [3.8, 4) is 79.3 Å². The van der Waals surface area contributed by atoms with Gasteiger partial charge in [0.15, 0.2) is 28.6 Å². The molecular weight excluding hydrogens is 763 g/mol.